The van der Waals surface area contributed by atoms with E-state index in [9.17, 15) is 0 Å². The second kappa shape index (κ2) is 14.0. The molecule has 2 aromatic carbocycles. The van der Waals surface area contributed by atoms with Gasteiger partial charge >= 0.3 is 0 Å². The molecule has 44 heavy (non-hydrogen) atoms. The summed E-state index contributed by atoms with van der Waals surface area (Å²) in [5, 5.41) is 2.84. The summed E-state index contributed by atoms with van der Waals surface area (Å²) in [6.07, 6.45) is 17.9. The molecule has 0 nitrogen and oxygen atoms in total. The lowest BCUT2D eigenvalue weighted by molar-refractivity contribution is 0.670. The summed E-state index contributed by atoms with van der Waals surface area (Å²) in [6, 6.07) is 24.0. The molecule has 0 unspecified atom stereocenters. The molecule has 0 N–H and O–H groups in total. The number of unbranched alkanes of at least 4 members (excludes halogenated alkanes) is 6. The lowest BCUT2D eigenvalue weighted by Gasteiger charge is -2.25. The first-order chi connectivity index (χ1) is 21.7. The van der Waals surface area contributed by atoms with E-state index in [2.05, 4.69) is 74.5 Å². The van der Waals surface area contributed by atoms with Gasteiger partial charge in [0.25, 0.3) is 0 Å². The van der Waals surface area contributed by atoms with Crippen molar-refractivity contribution in [2.75, 3.05) is 0 Å². The van der Waals surface area contributed by atoms with Gasteiger partial charge in [-0.1, -0.05) is 76.6 Å². The molecule has 0 spiro atoms. The van der Waals surface area contributed by atoms with Gasteiger partial charge in [-0.05, 0) is 110 Å². The highest BCUT2D eigenvalue weighted by atomic mass is 32.1. The Morgan fingerprint density at radius 1 is 0.386 bits per heavy atom. The molecule has 0 saturated heterocycles. The van der Waals surface area contributed by atoms with E-state index in [0.717, 1.165) is 25.7 Å². The van der Waals surface area contributed by atoms with E-state index in [4.69, 9.17) is 0 Å². The van der Waals surface area contributed by atoms with Crippen molar-refractivity contribution in [3.8, 4) is 22.3 Å². The van der Waals surface area contributed by atoms with Crippen LogP contribution in [-0.4, -0.2) is 0 Å². The molecule has 0 radical (unpaired) electrons. The van der Waals surface area contributed by atoms with Crippen molar-refractivity contribution in [2.24, 2.45) is 0 Å². The van der Waals surface area contributed by atoms with E-state index in [1.807, 2.05) is 45.3 Å². The van der Waals surface area contributed by atoms with Crippen molar-refractivity contribution in [2.45, 2.75) is 104 Å². The predicted octanol–water partition coefficient (Wildman–Crippen LogP) is 13.7. The Bertz CT molecular complexity index is 1700. The molecule has 1 aliphatic rings. The number of hydrogen-bond acceptors (Lipinski definition) is 4. The first-order valence-electron chi connectivity index (χ1n) is 17.0. The third-order valence-corrected chi connectivity index (χ3v) is 14.1. The number of benzene rings is 2. The Balaban J connectivity index is 1.01. The number of hydrogen-bond donors (Lipinski definition) is 0. The van der Waals surface area contributed by atoms with Crippen LogP contribution >= 0.6 is 45.3 Å². The minimum absolute atomic E-state index is 1.15. The van der Waals surface area contributed by atoms with Gasteiger partial charge in [0.05, 0.1) is 0 Å². The number of aryl methyl sites for hydroxylation is 6. The van der Waals surface area contributed by atoms with Crippen molar-refractivity contribution >= 4 is 65.5 Å². The van der Waals surface area contributed by atoms with Crippen molar-refractivity contribution in [1.29, 1.82) is 0 Å². The van der Waals surface area contributed by atoms with E-state index in [1.165, 1.54) is 116 Å². The van der Waals surface area contributed by atoms with Gasteiger partial charge in [-0.3, -0.25) is 0 Å². The van der Waals surface area contributed by atoms with E-state index in [-0.39, 0.29) is 0 Å². The van der Waals surface area contributed by atoms with Crippen LogP contribution in [0.1, 0.15) is 94.5 Å². The summed E-state index contributed by atoms with van der Waals surface area (Å²) in [4.78, 5) is 9.28. The summed E-state index contributed by atoms with van der Waals surface area (Å²) in [6.45, 7) is 4.58. The molecule has 0 aliphatic heterocycles. The molecular weight excluding hydrogens is 609 g/mol. The maximum absolute atomic E-state index is 2.46. The Morgan fingerprint density at radius 2 is 0.795 bits per heavy atom. The zero-order chi connectivity index (χ0) is 29.9. The maximum Gasteiger partial charge on any atom is 0.0430 e. The molecule has 4 aromatic heterocycles. The lowest BCUT2D eigenvalue weighted by atomic mass is 9.79. The molecule has 0 saturated carbocycles. The van der Waals surface area contributed by atoms with Crippen LogP contribution < -0.4 is 0 Å². The third kappa shape index (κ3) is 6.51. The SMILES string of the molecule is CCCCCCc1ccc(CCc2cc3ccc4c(c3s2)-c2ccc3cc(CCc5ccc(CCCCCC)s5)sc3c2-4)s1. The van der Waals surface area contributed by atoms with Crippen LogP contribution in [0, 0.1) is 0 Å². The topological polar surface area (TPSA) is 0 Å². The van der Waals surface area contributed by atoms with E-state index < -0.39 is 0 Å². The van der Waals surface area contributed by atoms with Crippen LogP contribution in [0.3, 0.4) is 0 Å². The monoisotopic (exact) mass is 652 g/mol. The zero-order valence-electron chi connectivity index (χ0n) is 26.3. The van der Waals surface area contributed by atoms with Gasteiger partial charge in [-0.15, -0.1) is 45.3 Å². The first kappa shape index (κ1) is 30.4. The molecular formula is C40H44S4. The summed E-state index contributed by atoms with van der Waals surface area (Å²) >= 11 is 8.15. The lowest BCUT2D eigenvalue weighted by Crippen LogP contribution is -1.98. The van der Waals surface area contributed by atoms with E-state index >= 15 is 0 Å². The Morgan fingerprint density at radius 3 is 1.23 bits per heavy atom. The largest absolute Gasteiger partial charge is 0.145 e. The van der Waals surface area contributed by atoms with Gasteiger partial charge < -0.3 is 0 Å². The Kier molecular flexibility index (Phi) is 9.70. The zero-order valence-corrected chi connectivity index (χ0v) is 29.6. The van der Waals surface area contributed by atoms with Gasteiger partial charge in [0.1, 0.15) is 0 Å². The van der Waals surface area contributed by atoms with Crippen molar-refractivity contribution in [1.82, 2.24) is 0 Å². The van der Waals surface area contributed by atoms with Crippen molar-refractivity contribution in [3.63, 3.8) is 0 Å². The van der Waals surface area contributed by atoms with Gasteiger partial charge in [0.2, 0.25) is 0 Å². The number of fused-ring (bicyclic) bond motifs is 8. The minimum Gasteiger partial charge on any atom is -0.145 e. The predicted molar refractivity (Wildman–Crippen MR) is 201 cm³/mol. The van der Waals surface area contributed by atoms with Gasteiger partial charge in [-0.25, -0.2) is 0 Å². The second-order valence-electron chi connectivity index (χ2n) is 12.6. The summed E-state index contributed by atoms with van der Waals surface area (Å²) in [7, 11) is 0. The molecule has 0 amide bonds. The van der Waals surface area contributed by atoms with Gasteiger partial charge in [0.15, 0.2) is 0 Å². The average Bonchev–Trinajstić information content (AvgIpc) is 3.83. The molecule has 6 aromatic rings. The average molecular weight is 653 g/mol. The van der Waals surface area contributed by atoms with Crippen molar-refractivity contribution < 1.29 is 0 Å². The van der Waals surface area contributed by atoms with Crippen LogP contribution in [0.4, 0.5) is 0 Å². The molecule has 0 bridgehead atoms. The minimum atomic E-state index is 1.15. The van der Waals surface area contributed by atoms with Crippen molar-refractivity contribution in [3.05, 3.63) is 89.9 Å². The fourth-order valence-corrected chi connectivity index (χ4v) is 11.3. The van der Waals surface area contributed by atoms with Gasteiger partial charge in [0, 0.05) is 49.8 Å². The smallest absolute Gasteiger partial charge is 0.0430 e. The number of rotatable bonds is 16. The van der Waals surface area contributed by atoms with Crippen LogP contribution in [0.15, 0.2) is 60.7 Å². The third-order valence-electron chi connectivity index (χ3n) is 9.24. The van der Waals surface area contributed by atoms with E-state index in [1.54, 1.807) is 19.5 Å². The molecule has 4 heterocycles. The van der Waals surface area contributed by atoms with Crippen LogP contribution in [0.25, 0.3) is 42.4 Å². The Hall–Kier alpha value is -2.24. The van der Waals surface area contributed by atoms with Crippen LogP contribution in [-0.2, 0) is 38.5 Å². The second-order valence-corrected chi connectivity index (χ2v) is 17.4. The fraction of sp³-hybridized carbons (Fsp3) is 0.400. The van der Waals surface area contributed by atoms with E-state index in [0.29, 0.717) is 0 Å². The molecule has 1 aliphatic carbocycles. The fourth-order valence-electron chi connectivity index (χ4n) is 6.78. The Labute approximate surface area is 279 Å². The summed E-state index contributed by atoms with van der Waals surface area (Å²) < 4.78 is 2.99. The highest BCUT2D eigenvalue weighted by Gasteiger charge is 2.28. The molecule has 4 heteroatoms. The first-order valence-corrected chi connectivity index (χ1v) is 20.2. The molecule has 228 valence electrons. The van der Waals surface area contributed by atoms with Crippen LogP contribution in [0.5, 0.6) is 0 Å². The molecule has 7 rings (SSSR count). The molecule has 0 fully saturated rings. The highest BCUT2D eigenvalue weighted by Crippen LogP contribution is 2.56. The highest BCUT2D eigenvalue weighted by molar-refractivity contribution is 7.20. The van der Waals surface area contributed by atoms with Gasteiger partial charge in [-0.2, -0.15) is 0 Å². The standard InChI is InChI=1S/C40H44S4/c1-3-5-7-9-11-29-15-17-31(41-29)19-21-33-25-27-13-23-35-37(39(27)43-33)36-24-14-28-26-34(44-40(28)38(35)36)22-20-32-18-16-30(42-32)12-10-8-6-4-2/h13-18,23-26H,3-12,19-22H2,1-2H3. The van der Waals surface area contributed by atoms with Crippen LogP contribution in [0.2, 0.25) is 0 Å². The quantitative estimate of drug-likeness (QED) is 0.0911. The normalized spacial score (nSPS) is 12.2. The summed E-state index contributed by atoms with van der Waals surface area (Å²) in [5.74, 6) is 0. The summed E-state index contributed by atoms with van der Waals surface area (Å²) in [5.41, 5.74) is 5.94. The molecule has 0 atom stereocenters. The maximum atomic E-state index is 2.46. The number of thiophene rings is 4.